The van der Waals surface area contributed by atoms with Crippen molar-refractivity contribution in [1.82, 2.24) is 0 Å². The first-order valence-corrected chi connectivity index (χ1v) is 15.9. The van der Waals surface area contributed by atoms with Gasteiger partial charge in [-0.25, -0.2) is 0 Å². The zero-order valence-electron chi connectivity index (χ0n) is 25.3. The highest BCUT2D eigenvalue weighted by Gasteiger charge is 2.75. The third kappa shape index (κ3) is 3.12. The van der Waals surface area contributed by atoms with Gasteiger partial charge in [-0.2, -0.15) is 0 Å². The second kappa shape index (κ2) is 7.71. The van der Waals surface area contributed by atoms with Crippen LogP contribution in [0, 0.1) is 35.5 Å². The van der Waals surface area contributed by atoms with E-state index in [0.717, 1.165) is 23.7 Å². The average Bonchev–Trinajstić information content (AvgIpc) is 3.21. The van der Waals surface area contributed by atoms with E-state index in [1.807, 2.05) is 0 Å². The molecule has 4 saturated carbocycles. The summed E-state index contributed by atoms with van der Waals surface area (Å²) in [6.07, 6.45) is 1.42. The summed E-state index contributed by atoms with van der Waals surface area (Å²) in [5.74, 6) is 4.77. The van der Waals surface area contributed by atoms with Crippen molar-refractivity contribution >= 4 is 33.1 Å². The third-order valence-corrected chi connectivity index (χ3v) is 11.6. The molecule has 10 rings (SSSR count). The standard InChI is InChI=1S/C41H40/c1-40(2,3)25-17-13-23(14-18-25)32-34-27-11-7-9-22-10-8-12-28(31(22)27)35(34)33(24-15-19-26(20-16-24)41(4,5)6)37-29-21-30-38(36(29)32)39(30)37/h7-20,29-30,36-39H,21H2,1-6H3. The van der Waals surface area contributed by atoms with Gasteiger partial charge in [0.05, 0.1) is 0 Å². The molecule has 204 valence electrons. The molecule has 6 aliphatic rings. The van der Waals surface area contributed by atoms with Crippen LogP contribution in [0.3, 0.4) is 0 Å². The van der Waals surface area contributed by atoms with Crippen molar-refractivity contribution in [3.8, 4) is 0 Å². The minimum atomic E-state index is 0.161. The van der Waals surface area contributed by atoms with Gasteiger partial charge in [0.25, 0.3) is 0 Å². The van der Waals surface area contributed by atoms with Crippen LogP contribution in [0.25, 0.3) is 33.1 Å². The zero-order chi connectivity index (χ0) is 28.0. The van der Waals surface area contributed by atoms with Gasteiger partial charge in [-0.15, -0.1) is 0 Å². The van der Waals surface area contributed by atoms with E-state index < -0.39 is 0 Å². The van der Waals surface area contributed by atoms with Crippen molar-refractivity contribution in [3.63, 3.8) is 0 Å². The maximum Gasteiger partial charge on any atom is -0.00262 e. The van der Waals surface area contributed by atoms with Gasteiger partial charge in [-0.3, -0.25) is 0 Å². The Kier molecular flexibility index (Phi) is 4.56. The Morgan fingerprint density at radius 1 is 0.512 bits per heavy atom. The van der Waals surface area contributed by atoms with Gasteiger partial charge in [-0.1, -0.05) is 126 Å². The summed E-state index contributed by atoms with van der Waals surface area (Å²) in [4.78, 5) is 0. The van der Waals surface area contributed by atoms with Crippen LogP contribution in [0.5, 0.6) is 0 Å². The van der Waals surface area contributed by atoms with E-state index in [0.29, 0.717) is 11.8 Å². The minimum absolute atomic E-state index is 0.161. The molecule has 0 heterocycles. The summed E-state index contributed by atoms with van der Waals surface area (Å²) >= 11 is 0. The third-order valence-electron chi connectivity index (χ3n) is 11.6. The molecule has 0 nitrogen and oxygen atoms in total. The fraction of sp³-hybridized carbons (Fsp3) is 0.366. The second-order valence-electron chi connectivity index (χ2n) is 15.7. The number of fused-ring (bicyclic) bond motifs is 3. The van der Waals surface area contributed by atoms with Gasteiger partial charge >= 0.3 is 0 Å². The summed E-state index contributed by atoms with van der Waals surface area (Å²) in [5, 5.41) is 2.84. The average molecular weight is 533 g/mol. The van der Waals surface area contributed by atoms with Crippen molar-refractivity contribution < 1.29 is 0 Å². The zero-order valence-corrected chi connectivity index (χ0v) is 25.3. The molecule has 4 aromatic carbocycles. The van der Waals surface area contributed by atoms with E-state index in [1.165, 1.54) is 50.6 Å². The molecule has 41 heavy (non-hydrogen) atoms. The Labute approximate surface area is 245 Å². The Morgan fingerprint density at radius 3 is 1.34 bits per heavy atom. The molecule has 6 bridgehead atoms. The summed E-state index contributed by atoms with van der Waals surface area (Å²) < 4.78 is 0. The predicted octanol–water partition coefficient (Wildman–Crippen LogP) is 10.4. The van der Waals surface area contributed by atoms with Gasteiger partial charge in [-0.05, 0) is 119 Å². The molecule has 4 atom stereocenters. The van der Waals surface area contributed by atoms with Crippen molar-refractivity contribution in [2.24, 2.45) is 35.5 Å². The first-order chi connectivity index (χ1) is 19.6. The second-order valence-corrected chi connectivity index (χ2v) is 15.7. The molecule has 4 fully saturated rings. The number of benzene rings is 4. The van der Waals surface area contributed by atoms with Crippen LogP contribution < -0.4 is 0 Å². The van der Waals surface area contributed by atoms with Gasteiger partial charge in [0.2, 0.25) is 0 Å². The molecular weight excluding hydrogens is 492 g/mol. The molecule has 0 N–H and O–H groups in total. The smallest absolute Gasteiger partial charge is 0.00262 e. The van der Waals surface area contributed by atoms with Crippen LogP contribution in [0.4, 0.5) is 0 Å². The molecule has 0 heteroatoms. The summed E-state index contributed by atoms with van der Waals surface area (Å²) in [6.45, 7) is 14.0. The lowest BCUT2D eigenvalue weighted by Gasteiger charge is -2.25. The molecule has 0 spiro atoms. The number of hydrogen-bond donors (Lipinski definition) is 0. The molecule has 0 radical (unpaired) electrons. The maximum atomic E-state index is 2.47. The highest BCUT2D eigenvalue weighted by Crippen LogP contribution is 2.82. The summed E-state index contributed by atoms with van der Waals surface area (Å²) in [7, 11) is 0. The highest BCUT2D eigenvalue weighted by atomic mass is 14.8. The fourth-order valence-electron chi connectivity index (χ4n) is 9.86. The number of hydrogen-bond acceptors (Lipinski definition) is 0. The Balaban J connectivity index is 1.37. The van der Waals surface area contributed by atoms with E-state index in [4.69, 9.17) is 0 Å². The van der Waals surface area contributed by atoms with Crippen LogP contribution in [-0.4, -0.2) is 0 Å². The van der Waals surface area contributed by atoms with Crippen LogP contribution in [0.2, 0.25) is 0 Å². The van der Waals surface area contributed by atoms with Crippen molar-refractivity contribution in [3.05, 3.63) is 118 Å². The highest BCUT2D eigenvalue weighted by molar-refractivity contribution is 6.33. The Bertz CT molecular complexity index is 1700. The maximum absolute atomic E-state index is 2.47. The SMILES string of the molecule is CC(C)(C)c1ccc(C2=C3C(=C(c4ccc(C(C)(C)C)cc4)C4C5CC6C(C25)C64)c2cccc4cccc3c24)cc1. The quantitative estimate of drug-likeness (QED) is 0.241. The van der Waals surface area contributed by atoms with Crippen LogP contribution in [0.15, 0.2) is 84.9 Å². The van der Waals surface area contributed by atoms with Crippen LogP contribution >= 0.6 is 0 Å². The number of rotatable bonds is 2. The van der Waals surface area contributed by atoms with Crippen molar-refractivity contribution in [2.45, 2.75) is 58.8 Å². The first-order valence-electron chi connectivity index (χ1n) is 15.9. The predicted molar refractivity (Wildman–Crippen MR) is 173 cm³/mol. The minimum Gasteiger partial charge on any atom is -0.0610 e. The van der Waals surface area contributed by atoms with Crippen molar-refractivity contribution in [2.75, 3.05) is 0 Å². The Morgan fingerprint density at radius 2 is 0.951 bits per heavy atom. The van der Waals surface area contributed by atoms with Crippen molar-refractivity contribution in [1.29, 1.82) is 0 Å². The first kappa shape index (κ1) is 24.2. The molecule has 4 unspecified atom stereocenters. The van der Waals surface area contributed by atoms with Gasteiger partial charge in [0.15, 0.2) is 0 Å². The molecule has 0 saturated heterocycles. The normalized spacial score (nSPS) is 28.9. The fourth-order valence-corrected chi connectivity index (χ4v) is 9.86. The van der Waals surface area contributed by atoms with Gasteiger partial charge in [0.1, 0.15) is 0 Å². The monoisotopic (exact) mass is 532 g/mol. The lowest BCUT2D eigenvalue weighted by atomic mass is 9.79. The van der Waals surface area contributed by atoms with Crippen LogP contribution in [0.1, 0.15) is 81.3 Å². The largest absolute Gasteiger partial charge is 0.0610 e. The van der Waals surface area contributed by atoms with E-state index in [2.05, 4.69) is 126 Å². The van der Waals surface area contributed by atoms with E-state index >= 15 is 0 Å². The van der Waals surface area contributed by atoms with Gasteiger partial charge < -0.3 is 0 Å². The molecule has 4 aromatic rings. The molecule has 6 aliphatic carbocycles. The van der Waals surface area contributed by atoms with E-state index in [1.54, 1.807) is 22.3 Å². The van der Waals surface area contributed by atoms with Crippen LogP contribution in [-0.2, 0) is 10.8 Å². The van der Waals surface area contributed by atoms with Gasteiger partial charge in [0, 0.05) is 0 Å². The summed E-state index contributed by atoms with van der Waals surface area (Å²) in [6, 6.07) is 33.6. The lowest BCUT2D eigenvalue weighted by Crippen LogP contribution is -2.15. The Hall–Kier alpha value is -3.38. The number of allylic oxidation sites excluding steroid dienone is 4. The van der Waals surface area contributed by atoms with E-state index in [-0.39, 0.29) is 10.8 Å². The topological polar surface area (TPSA) is 0 Å². The van der Waals surface area contributed by atoms with E-state index in [9.17, 15) is 0 Å². The molecular formula is C41H40. The summed E-state index contributed by atoms with van der Waals surface area (Å²) in [5.41, 5.74) is 15.4. The molecule has 0 aromatic heterocycles. The lowest BCUT2D eigenvalue weighted by molar-refractivity contribution is 0.456. The molecule has 0 aliphatic heterocycles. The molecule has 0 amide bonds.